The molecule has 9 heteroatoms. The first-order valence-electron chi connectivity index (χ1n) is 7.47. The Balaban J connectivity index is 2.89. The molecule has 2 amide bonds. The van der Waals surface area contributed by atoms with E-state index in [1.54, 1.807) is 4.90 Å². The van der Waals surface area contributed by atoms with Crippen LogP contribution in [-0.4, -0.2) is 57.5 Å². The minimum Gasteiger partial charge on any atom is -0.394 e. The number of aromatic amines is 2. The molecule has 1 aromatic rings. The van der Waals surface area contributed by atoms with E-state index in [2.05, 4.69) is 10.3 Å². The van der Waals surface area contributed by atoms with Crippen molar-refractivity contribution in [3.63, 3.8) is 0 Å². The number of aliphatic hydroxyl groups is 1. The average molecular weight is 326 g/mol. The van der Waals surface area contributed by atoms with Gasteiger partial charge in [0.2, 0.25) is 5.91 Å². The summed E-state index contributed by atoms with van der Waals surface area (Å²) < 4.78 is 0. The molecule has 0 aliphatic heterocycles. The van der Waals surface area contributed by atoms with E-state index in [0.717, 1.165) is 19.0 Å². The summed E-state index contributed by atoms with van der Waals surface area (Å²) in [6.45, 7) is 4.27. The lowest BCUT2D eigenvalue weighted by atomic mass is 10.2. The predicted molar refractivity (Wildman–Crippen MR) is 83.2 cm³/mol. The van der Waals surface area contributed by atoms with Gasteiger partial charge in [-0.25, -0.2) is 4.79 Å². The summed E-state index contributed by atoms with van der Waals surface area (Å²) in [6, 6.07) is -1.15. The van der Waals surface area contributed by atoms with Crippen LogP contribution in [0.1, 0.15) is 37.0 Å². The fraction of sp³-hybridized carbons (Fsp3) is 0.571. The van der Waals surface area contributed by atoms with Crippen LogP contribution >= 0.6 is 0 Å². The Morgan fingerprint density at radius 3 is 2.35 bits per heavy atom. The topological polar surface area (TPSA) is 135 Å². The molecule has 1 rings (SSSR count). The summed E-state index contributed by atoms with van der Waals surface area (Å²) in [5.41, 5.74) is -1.94. The third kappa shape index (κ3) is 5.06. The Hall–Kier alpha value is -2.42. The lowest BCUT2D eigenvalue weighted by Gasteiger charge is -2.26. The number of nitrogens with one attached hydrogen (secondary N) is 3. The molecule has 0 aliphatic rings. The van der Waals surface area contributed by atoms with Gasteiger partial charge >= 0.3 is 5.69 Å². The first kappa shape index (κ1) is 18.6. The van der Waals surface area contributed by atoms with Crippen LogP contribution in [0.25, 0.3) is 0 Å². The molecule has 0 aromatic carbocycles. The van der Waals surface area contributed by atoms with Crippen LogP contribution in [0.5, 0.6) is 0 Å². The third-order valence-corrected chi connectivity index (χ3v) is 3.15. The van der Waals surface area contributed by atoms with Crippen molar-refractivity contribution in [2.24, 2.45) is 0 Å². The fourth-order valence-corrected chi connectivity index (χ4v) is 2.09. The van der Waals surface area contributed by atoms with Crippen molar-refractivity contribution in [1.29, 1.82) is 0 Å². The largest absolute Gasteiger partial charge is 0.394 e. The Morgan fingerprint density at radius 1 is 1.26 bits per heavy atom. The smallest absolute Gasteiger partial charge is 0.325 e. The van der Waals surface area contributed by atoms with Gasteiger partial charge in [0.25, 0.3) is 11.5 Å². The molecule has 0 saturated carbocycles. The second-order valence-corrected chi connectivity index (χ2v) is 5.02. The van der Waals surface area contributed by atoms with Gasteiger partial charge in [0, 0.05) is 19.3 Å². The van der Waals surface area contributed by atoms with Crippen LogP contribution in [0.2, 0.25) is 0 Å². The van der Waals surface area contributed by atoms with Crippen molar-refractivity contribution in [2.75, 3.05) is 19.7 Å². The number of carbonyl (C=O) groups is 2. The normalized spacial score (nSPS) is 11.8. The molecular weight excluding hydrogens is 304 g/mol. The third-order valence-electron chi connectivity index (χ3n) is 3.15. The highest BCUT2D eigenvalue weighted by atomic mass is 16.3. The number of aliphatic hydroxyl groups excluding tert-OH is 1. The summed E-state index contributed by atoms with van der Waals surface area (Å²) in [4.78, 5) is 52.6. The van der Waals surface area contributed by atoms with Gasteiger partial charge in [-0.1, -0.05) is 13.8 Å². The van der Waals surface area contributed by atoms with Crippen LogP contribution < -0.4 is 16.6 Å². The molecule has 9 nitrogen and oxygen atoms in total. The highest BCUT2D eigenvalue weighted by molar-refractivity contribution is 5.97. The molecule has 0 spiro atoms. The number of carbonyl (C=O) groups excluding carboxylic acids is 2. The molecule has 0 radical (unpaired) electrons. The second kappa shape index (κ2) is 8.89. The molecule has 1 aromatic heterocycles. The number of rotatable bonds is 8. The van der Waals surface area contributed by atoms with Crippen LogP contribution in [-0.2, 0) is 4.79 Å². The molecule has 1 unspecified atom stereocenters. The maximum absolute atomic E-state index is 12.4. The molecule has 0 fully saturated rings. The maximum Gasteiger partial charge on any atom is 0.325 e. The van der Waals surface area contributed by atoms with Gasteiger partial charge in [-0.15, -0.1) is 0 Å². The zero-order chi connectivity index (χ0) is 17.4. The molecular formula is C14H22N4O5. The Bertz CT molecular complexity index is 645. The molecule has 1 heterocycles. The molecule has 23 heavy (non-hydrogen) atoms. The van der Waals surface area contributed by atoms with Gasteiger partial charge in [0.15, 0.2) is 0 Å². The lowest BCUT2D eigenvalue weighted by Crippen LogP contribution is -2.51. The maximum atomic E-state index is 12.4. The summed E-state index contributed by atoms with van der Waals surface area (Å²) in [5.74, 6) is -1.26. The van der Waals surface area contributed by atoms with Crippen molar-refractivity contribution >= 4 is 11.8 Å². The van der Waals surface area contributed by atoms with Gasteiger partial charge < -0.3 is 20.3 Å². The molecule has 128 valence electrons. The SMILES string of the molecule is CCCN(CCC)C(=O)C(CO)NC(=O)c1c[nH]c(=O)[nH]c1=O. The predicted octanol–water partition coefficient (Wildman–Crippen LogP) is -1.20. The van der Waals surface area contributed by atoms with Crippen molar-refractivity contribution in [3.05, 3.63) is 32.6 Å². The van der Waals surface area contributed by atoms with Crippen LogP contribution in [0.3, 0.4) is 0 Å². The minimum atomic E-state index is -1.15. The van der Waals surface area contributed by atoms with Crippen molar-refractivity contribution in [3.8, 4) is 0 Å². The van der Waals surface area contributed by atoms with Gasteiger partial charge in [-0.2, -0.15) is 0 Å². The number of amides is 2. The van der Waals surface area contributed by atoms with Crippen LogP contribution in [0.4, 0.5) is 0 Å². The van der Waals surface area contributed by atoms with E-state index >= 15 is 0 Å². The average Bonchev–Trinajstić information content (AvgIpc) is 2.51. The quantitative estimate of drug-likeness (QED) is 0.476. The summed E-state index contributed by atoms with van der Waals surface area (Å²) in [6.07, 6.45) is 2.46. The molecule has 0 aliphatic carbocycles. The van der Waals surface area contributed by atoms with Crippen molar-refractivity contribution in [1.82, 2.24) is 20.2 Å². The number of hydrogen-bond acceptors (Lipinski definition) is 5. The van der Waals surface area contributed by atoms with Gasteiger partial charge in [0.05, 0.1) is 6.61 Å². The zero-order valence-electron chi connectivity index (χ0n) is 13.2. The van der Waals surface area contributed by atoms with Gasteiger partial charge in [0.1, 0.15) is 11.6 Å². The zero-order valence-corrected chi connectivity index (χ0v) is 13.2. The van der Waals surface area contributed by atoms with Gasteiger partial charge in [-0.3, -0.25) is 19.4 Å². The molecule has 4 N–H and O–H groups in total. The minimum absolute atomic E-state index is 0.339. The highest BCUT2D eigenvalue weighted by Crippen LogP contribution is 2.00. The Morgan fingerprint density at radius 2 is 1.87 bits per heavy atom. The monoisotopic (exact) mass is 326 g/mol. The number of nitrogens with zero attached hydrogens (tertiary/aromatic N) is 1. The molecule has 0 saturated heterocycles. The molecule has 0 bridgehead atoms. The van der Waals surface area contributed by atoms with E-state index in [1.165, 1.54) is 0 Å². The van der Waals surface area contributed by atoms with E-state index in [4.69, 9.17) is 0 Å². The summed E-state index contributed by atoms with van der Waals surface area (Å²) >= 11 is 0. The first-order valence-corrected chi connectivity index (χ1v) is 7.47. The summed E-state index contributed by atoms with van der Waals surface area (Å²) in [7, 11) is 0. The van der Waals surface area contributed by atoms with E-state index < -0.39 is 35.7 Å². The summed E-state index contributed by atoms with van der Waals surface area (Å²) in [5, 5.41) is 11.7. The van der Waals surface area contributed by atoms with Crippen molar-refractivity contribution in [2.45, 2.75) is 32.7 Å². The second-order valence-electron chi connectivity index (χ2n) is 5.02. The van der Waals surface area contributed by atoms with E-state index in [1.807, 2.05) is 18.8 Å². The highest BCUT2D eigenvalue weighted by Gasteiger charge is 2.25. The van der Waals surface area contributed by atoms with Gasteiger partial charge in [-0.05, 0) is 12.8 Å². The van der Waals surface area contributed by atoms with E-state index in [0.29, 0.717) is 13.1 Å². The van der Waals surface area contributed by atoms with Crippen LogP contribution in [0, 0.1) is 0 Å². The van der Waals surface area contributed by atoms with E-state index in [9.17, 15) is 24.3 Å². The Labute approximate surface area is 132 Å². The fourth-order valence-electron chi connectivity index (χ4n) is 2.09. The number of hydrogen-bond donors (Lipinski definition) is 4. The molecule has 1 atom stereocenters. The van der Waals surface area contributed by atoms with Crippen LogP contribution in [0.15, 0.2) is 15.8 Å². The first-order chi connectivity index (χ1) is 10.9. The lowest BCUT2D eigenvalue weighted by molar-refractivity contribution is -0.134. The standard InChI is InChI=1S/C14H22N4O5/c1-3-5-18(6-4-2)13(22)10(8-19)16-11(20)9-7-15-14(23)17-12(9)21/h7,10,19H,3-6,8H2,1-2H3,(H,16,20)(H2,15,17,21,23). The number of H-pyrrole nitrogens is 2. The van der Waals surface area contributed by atoms with Crippen molar-refractivity contribution < 1.29 is 14.7 Å². The number of aromatic nitrogens is 2. The Kier molecular flexibility index (Phi) is 7.20. The van der Waals surface area contributed by atoms with E-state index in [-0.39, 0.29) is 5.56 Å².